The van der Waals surface area contributed by atoms with Crippen molar-refractivity contribution in [3.05, 3.63) is 0 Å². The second kappa shape index (κ2) is 7.56. The number of amides is 1. The molecule has 0 aliphatic rings. The third kappa shape index (κ3) is 7.29. The molecule has 0 bridgehead atoms. The minimum atomic E-state index is -0.182. The zero-order valence-corrected chi connectivity index (χ0v) is 8.26. The number of hydrogen-bond donors (Lipinski definition) is 2. The van der Waals surface area contributed by atoms with Crippen LogP contribution in [-0.2, 0) is 4.79 Å². The summed E-state index contributed by atoms with van der Waals surface area (Å²) in [5.74, 6) is 0.0412. The quantitative estimate of drug-likeness (QED) is 0.626. The van der Waals surface area contributed by atoms with Crippen LogP contribution in [-0.4, -0.2) is 25.0 Å². The normalized spacial score (nSPS) is 11.8. The van der Waals surface area contributed by atoms with E-state index in [0.717, 1.165) is 13.0 Å². The van der Waals surface area contributed by atoms with Gasteiger partial charge in [-0.1, -0.05) is 6.92 Å². The Kier molecular flexibility index (Phi) is 6.93. The van der Waals surface area contributed by atoms with Crippen LogP contribution in [0.2, 0.25) is 0 Å². The van der Waals surface area contributed by atoms with Gasteiger partial charge in [-0.15, -0.1) is 0 Å². The summed E-state index contributed by atoms with van der Waals surface area (Å²) in [7, 11) is 0. The SMILES string of the molecule is CCCNC(=O)CCNC(C)C#N. The smallest absolute Gasteiger partial charge is 0.221 e. The summed E-state index contributed by atoms with van der Waals surface area (Å²) in [4.78, 5) is 11.0. The molecule has 0 aromatic rings. The second-order valence-electron chi connectivity index (χ2n) is 2.90. The van der Waals surface area contributed by atoms with E-state index < -0.39 is 0 Å². The van der Waals surface area contributed by atoms with Crippen LogP contribution in [0, 0.1) is 11.3 Å². The molecular formula is C9H17N3O. The molecular weight excluding hydrogens is 166 g/mol. The molecule has 0 fully saturated rings. The topological polar surface area (TPSA) is 64.9 Å². The van der Waals surface area contributed by atoms with E-state index in [1.165, 1.54) is 0 Å². The van der Waals surface area contributed by atoms with Gasteiger partial charge in [0.2, 0.25) is 5.91 Å². The maximum absolute atomic E-state index is 11.0. The molecule has 13 heavy (non-hydrogen) atoms. The maximum atomic E-state index is 11.0. The Morgan fingerprint density at radius 2 is 2.23 bits per heavy atom. The van der Waals surface area contributed by atoms with Crippen LogP contribution in [0.3, 0.4) is 0 Å². The number of rotatable bonds is 6. The first-order valence-electron chi connectivity index (χ1n) is 4.60. The summed E-state index contributed by atoms with van der Waals surface area (Å²) in [5, 5.41) is 14.1. The molecule has 0 aliphatic heterocycles. The Bertz CT molecular complexity index is 186. The van der Waals surface area contributed by atoms with E-state index in [1.807, 2.05) is 13.0 Å². The van der Waals surface area contributed by atoms with Crippen molar-refractivity contribution in [2.75, 3.05) is 13.1 Å². The molecule has 1 amide bonds. The third-order valence-electron chi connectivity index (χ3n) is 1.57. The van der Waals surface area contributed by atoms with Crippen molar-refractivity contribution in [3.63, 3.8) is 0 Å². The van der Waals surface area contributed by atoms with Gasteiger partial charge in [0, 0.05) is 19.5 Å². The van der Waals surface area contributed by atoms with Crippen LogP contribution >= 0.6 is 0 Å². The molecule has 0 aromatic heterocycles. The molecule has 0 saturated heterocycles. The number of nitrogens with zero attached hydrogens (tertiary/aromatic N) is 1. The van der Waals surface area contributed by atoms with E-state index in [9.17, 15) is 4.79 Å². The molecule has 0 heterocycles. The van der Waals surface area contributed by atoms with Crippen LogP contribution in [0.25, 0.3) is 0 Å². The lowest BCUT2D eigenvalue weighted by Crippen LogP contribution is -2.31. The highest BCUT2D eigenvalue weighted by molar-refractivity contribution is 5.75. The molecule has 0 aliphatic carbocycles. The summed E-state index contributed by atoms with van der Waals surface area (Å²) < 4.78 is 0. The lowest BCUT2D eigenvalue weighted by molar-refractivity contribution is -0.120. The molecule has 0 rings (SSSR count). The van der Waals surface area contributed by atoms with Crippen LogP contribution < -0.4 is 10.6 Å². The average molecular weight is 183 g/mol. The van der Waals surface area contributed by atoms with Crippen molar-refractivity contribution in [1.82, 2.24) is 10.6 Å². The average Bonchev–Trinajstić information content (AvgIpc) is 2.14. The van der Waals surface area contributed by atoms with Crippen LogP contribution in [0.5, 0.6) is 0 Å². The van der Waals surface area contributed by atoms with Gasteiger partial charge in [-0.05, 0) is 13.3 Å². The largest absolute Gasteiger partial charge is 0.356 e. The molecule has 0 spiro atoms. The molecule has 0 saturated carbocycles. The predicted molar refractivity (Wildman–Crippen MR) is 51.0 cm³/mol. The van der Waals surface area contributed by atoms with Gasteiger partial charge in [-0.3, -0.25) is 4.79 Å². The number of carbonyl (C=O) groups excluding carboxylic acids is 1. The summed E-state index contributed by atoms with van der Waals surface area (Å²) >= 11 is 0. The number of carbonyl (C=O) groups is 1. The number of nitrogens with one attached hydrogen (secondary N) is 2. The van der Waals surface area contributed by atoms with Crippen LogP contribution in [0.1, 0.15) is 26.7 Å². The molecule has 0 radical (unpaired) electrons. The predicted octanol–water partition coefficient (Wildman–Crippen LogP) is 0.404. The standard InChI is InChI=1S/C9H17N3O/c1-3-5-12-9(13)4-6-11-8(2)7-10/h8,11H,3-6H2,1-2H3,(H,12,13). The molecule has 4 heteroatoms. The van der Waals surface area contributed by atoms with Gasteiger partial charge >= 0.3 is 0 Å². The van der Waals surface area contributed by atoms with E-state index in [0.29, 0.717) is 13.0 Å². The highest BCUT2D eigenvalue weighted by Gasteiger charge is 2.01. The number of nitriles is 1. The Hall–Kier alpha value is -1.08. The Morgan fingerprint density at radius 1 is 1.54 bits per heavy atom. The van der Waals surface area contributed by atoms with Gasteiger partial charge in [-0.2, -0.15) is 5.26 Å². The lowest BCUT2D eigenvalue weighted by atomic mass is 10.3. The van der Waals surface area contributed by atoms with Gasteiger partial charge in [0.15, 0.2) is 0 Å². The van der Waals surface area contributed by atoms with E-state index in [2.05, 4.69) is 10.6 Å². The van der Waals surface area contributed by atoms with E-state index >= 15 is 0 Å². The highest BCUT2D eigenvalue weighted by Crippen LogP contribution is 1.81. The fraction of sp³-hybridized carbons (Fsp3) is 0.778. The van der Waals surface area contributed by atoms with Crippen molar-refractivity contribution in [3.8, 4) is 6.07 Å². The van der Waals surface area contributed by atoms with Crippen LogP contribution in [0.4, 0.5) is 0 Å². The summed E-state index contributed by atoms with van der Waals surface area (Å²) in [6, 6.07) is 1.86. The van der Waals surface area contributed by atoms with Gasteiger partial charge < -0.3 is 10.6 Å². The molecule has 4 nitrogen and oxygen atoms in total. The molecule has 1 unspecified atom stereocenters. The van der Waals surface area contributed by atoms with Crippen molar-refractivity contribution in [1.29, 1.82) is 5.26 Å². The fourth-order valence-electron chi connectivity index (χ4n) is 0.801. The van der Waals surface area contributed by atoms with Crippen LogP contribution in [0.15, 0.2) is 0 Å². The summed E-state index contributed by atoms with van der Waals surface area (Å²) in [5.41, 5.74) is 0. The van der Waals surface area contributed by atoms with Crippen molar-refractivity contribution in [2.24, 2.45) is 0 Å². The van der Waals surface area contributed by atoms with Gasteiger partial charge in [-0.25, -0.2) is 0 Å². The van der Waals surface area contributed by atoms with Gasteiger partial charge in [0.05, 0.1) is 12.1 Å². The van der Waals surface area contributed by atoms with Gasteiger partial charge in [0.25, 0.3) is 0 Å². The summed E-state index contributed by atoms with van der Waals surface area (Å²) in [6.45, 7) is 5.07. The zero-order chi connectivity index (χ0) is 10.1. The van der Waals surface area contributed by atoms with Crippen molar-refractivity contribution < 1.29 is 4.79 Å². The van der Waals surface area contributed by atoms with Crippen molar-refractivity contribution >= 4 is 5.91 Å². The third-order valence-corrected chi connectivity index (χ3v) is 1.57. The Morgan fingerprint density at radius 3 is 2.77 bits per heavy atom. The first kappa shape index (κ1) is 11.9. The molecule has 74 valence electrons. The Labute approximate surface area is 79.3 Å². The lowest BCUT2D eigenvalue weighted by Gasteiger charge is -2.05. The van der Waals surface area contributed by atoms with E-state index in [-0.39, 0.29) is 11.9 Å². The van der Waals surface area contributed by atoms with E-state index in [4.69, 9.17) is 5.26 Å². The Balaban J connectivity index is 3.33. The maximum Gasteiger partial charge on any atom is 0.221 e. The molecule has 0 aromatic carbocycles. The van der Waals surface area contributed by atoms with Crippen molar-refractivity contribution in [2.45, 2.75) is 32.7 Å². The monoisotopic (exact) mass is 183 g/mol. The fourth-order valence-corrected chi connectivity index (χ4v) is 0.801. The first-order valence-corrected chi connectivity index (χ1v) is 4.60. The molecule has 1 atom stereocenters. The summed E-state index contributed by atoms with van der Waals surface area (Å²) in [6.07, 6.45) is 1.39. The van der Waals surface area contributed by atoms with E-state index in [1.54, 1.807) is 6.92 Å². The van der Waals surface area contributed by atoms with Gasteiger partial charge in [0.1, 0.15) is 0 Å². The first-order chi connectivity index (χ1) is 6.20. The minimum Gasteiger partial charge on any atom is -0.356 e. The zero-order valence-electron chi connectivity index (χ0n) is 8.26. The second-order valence-corrected chi connectivity index (χ2v) is 2.90. The highest BCUT2D eigenvalue weighted by atomic mass is 16.1. The minimum absolute atomic E-state index is 0.0412. The molecule has 2 N–H and O–H groups in total. The number of hydrogen-bond acceptors (Lipinski definition) is 3.